The second kappa shape index (κ2) is 3.77. The van der Waals surface area contributed by atoms with E-state index in [1.165, 1.54) is 0 Å². The average molecular weight is 203 g/mol. The molecule has 0 radical (unpaired) electrons. The predicted molar refractivity (Wildman–Crippen MR) is 59.5 cm³/mol. The smallest absolute Gasteiger partial charge is 0.335 e. The summed E-state index contributed by atoms with van der Waals surface area (Å²) in [5.74, 6) is -0.871. The Kier molecular flexibility index (Phi) is 2.46. The minimum Gasteiger partial charge on any atom is -0.478 e. The lowest BCUT2D eigenvalue weighted by atomic mass is 10.1. The highest BCUT2D eigenvalue weighted by molar-refractivity contribution is 5.88. The lowest BCUT2D eigenvalue weighted by molar-refractivity contribution is 0.0697. The number of hydrogen-bond donors (Lipinski definition) is 1. The highest BCUT2D eigenvalue weighted by atomic mass is 16.4. The van der Waals surface area contributed by atoms with Gasteiger partial charge in [0, 0.05) is 18.8 Å². The Labute approximate surface area is 88.6 Å². The van der Waals surface area contributed by atoms with E-state index in [9.17, 15) is 4.79 Å². The zero-order valence-corrected chi connectivity index (χ0v) is 8.60. The van der Waals surface area contributed by atoms with Crippen LogP contribution in [0.3, 0.4) is 0 Å². The summed E-state index contributed by atoms with van der Waals surface area (Å²) in [6.07, 6.45) is 4.23. The van der Waals surface area contributed by atoms with Gasteiger partial charge in [0.1, 0.15) is 0 Å². The number of rotatable bonds is 2. The minimum atomic E-state index is -0.871. The first-order valence-electron chi connectivity index (χ1n) is 4.92. The zero-order chi connectivity index (χ0) is 10.8. The van der Waals surface area contributed by atoms with Crippen molar-refractivity contribution in [2.45, 2.75) is 6.92 Å². The van der Waals surface area contributed by atoms with Crippen molar-refractivity contribution in [1.29, 1.82) is 0 Å². The first kappa shape index (κ1) is 9.77. The van der Waals surface area contributed by atoms with Crippen LogP contribution in [0, 0.1) is 6.92 Å². The van der Waals surface area contributed by atoms with Crippen LogP contribution in [0.25, 0.3) is 0 Å². The van der Waals surface area contributed by atoms with Crippen molar-refractivity contribution in [3.63, 3.8) is 0 Å². The van der Waals surface area contributed by atoms with E-state index in [4.69, 9.17) is 5.11 Å². The fraction of sp³-hybridized carbons (Fsp3) is 0.250. The van der Waals surface area contributed by atoms with Gasteiger partial charge in [-0.25, -0.2) is 4.79 Å². The van der Waals surface area contributed by atoms with E-state index < -0.39 is 5.97 Å². The van der Waals surface area contributed by atoms with Crippen molar-refractivity contribution in [2.75, 3.05) is 18.0 Å². The normalized spacial score (nSPS) is 14.6. The number of carboxylic acids is 1. The van der Waals surface area contributed by atoms with Gasteiger partial charge in [0.15, 0.2) is 0 Å². The molecule has 0 spiro atoms. The quantitative estimate of drug-likeness (QED) is 0.748. The number of aromatic carboxylic acids is 1. The van der Waals surface area contributed by atoms with Crippen LogP contribution in [0.1, 0.15) is 15.9 Å². The lowest BCUT2D eigenvalue weighted by Gasteiger charge is -2.20. The SMILES string of the molecule is Cc1cc(C(=O)O)ccc1N1CC=CC1. The summed E-state index contributed by atoms with van der Waals surface area (Å²) in [7, 11) is 0. The lowest BCUT2D eigenvalue weighted by Crippen LogP contribution is -2.19. The van der Waals surface area contributed by atoms with E-state index >= 15 is 0 Å². The molecule has 78 valence electrons. The molecule has 2 rings (SSSR count). The van der Waals surface area contributed by atoms with Crippen molar-refractivity contribution < 1.29 is 9.90 Å². The summed E-state index contributed by atoms with van der Waals surface area (Å²) in [5.41, 5.74) is 2.48. The molecule has 1 heterocycles. The fourth-order valence-electron chi connectivity index (χ4n) is 1.82. The molecule has 0 saturated heterocycles. The van der Waals surface area contributed by atoms with E-state index in [2.05, 4.69) is 17.1 Å². The summed E-state index contributed by atoms with van der Waals surface area (Å²) in [4.78, 5) is 13.0. The number of nitrogens with zero attached hydrogens (tertiary/aromatic N) is 1. The topological polar surface area (TPSA) is 40.5 Å². The third kappa shape index (κ3) is 1.86. The van der Waals surface area contributed by atoms with Gasteiger partial charge in [-0.05, 0) is 30.7 Å². The molecule has 0 bridgehead atoms. The second-order valence-corrected chi connectivity index (χ2v) is 3.68. The van der Waals surface area contributed by atoms with Crippen molar-refractivity contribution in [2.24, 2.45) is 0 Å². The van der Waals surface area contributed by atoms with E-state index in [0.717, 1.165) is 24.3 Å². The molecule has 1 aliphatic heterocycles. The van der Waals surface area contributed by atoms with Crippen LogP contribution in [-0.4, -0.2) is 24.2 Å². The molecule has 0 unspecified atom stereocenters. The highest BCUT2D eigenvalue weighted by Gasteiger charge is 2.12. The first-order chi connectivity index (χ1) is 7.18. The van der Waals surface area contributed by atoms with E-state index in [1.807, 2.05) is 13.0 Å². The van der Waals surface area contributed by atoms with Crippen molar-refractivity contribution in [3.8, 4) is 0 Å². The van der Waals surface area contributed by atoms with E-state index in [1.54, 1.807) is 12.1 Å². The van der Waals surface area contributed by atoms with Crippen molar-refractivity contribution in [1.82, 2.24) is 0 Å². The minimum absolute atomic E-state index is 0.350. The largest absolute Gasteiger partial charge is 0.478 e. The molecule has 3 nitrogen and oxygen atoms in total. The molecule has 0 aliphatic carbocycles. The van der Waals surface area contributed by atoms with Gasteiger partial charge in [-0.2, -0.15) is 0 Å². The monoisotopic (exact) mass is 203 g/mol. The van der Waals surface area contributed by atoms with E-state index in [0.29, 0.717) is 5.56 Å². The van der Waals surface area contributed by atoms with Crippen molar-refractivity contribution in [3.05, 3.63) is 41.5 Å². The average Bonchev–Trinajstić information content (AvgIpc) is 2.70. The fourth-order valence-corrected chi connectivity index (χ4v) is 1.82. The highest BCUT2D eigenvalue weighted by Crippen LogP contribution is 2.22. The second-order valence-electron chi connectivity index (χ2n) is 3.68. The van der Waals surface area contributed by atoms with Gasteiger partial charge in [-0.15, -0.1) is 0 Å². The number of benzene rings is 1. The van der Waals surface area contributed by atoms with Crippen LogP contribution in [0.15, 0.2) is 30.4 Å². The summed E-state index contributed by atoms with van der Waals surface area (Å²) in [6.45, 7) is 3.76. The molecule has 3 heteroatoms. The van der Waals surface area contributed by atoms with Gasteiger partial charge in [0.25, 0.3) is 0 Å². The van der Waals surface area contributed by atoms with Crippen LogP contribution in [0.4, 0.5) is 5.69 Å². The molecule has 0 aromatic heterocycles. The third-order valence-electron chi connectivity index (χ3n) is 2.60. The number of anilines is 1. The molecule has 0 saturated carbocycles. The van der Waals surface area contributed by atoms with Crippen LogP contribution in [-0.2, 0) is 0 Å². The summed E-state index contributed by atoms with van der Waals surface area (Å²) in [6, 6.07) is 5.25. The maximum Gasteiger partial charge on any atom is 0.335 e. The predicted octanol–water partition coefficient (Wildman–Crippen LogP) is 2.07. The van der Waals surface area contributed by atoms with Crippen molar-refractivity contribution >= 4 is 11.7 Å². The Bertz CT molecular complexity index is 416. The molecule has 1 N–H and O–H groups in total. The van der Waals surface area contributed by atoms with Gasteiger partial charge in [-0.3, -0.25) is 0 Å². The Morgan fingerprint density at radius 3 is 2.53 bits per heavy atom. The number of hydrogen-bond acceptors (Lipinski definition) is 2. The van der Waals surface area contributed by atoms with Crippen LogP contribution in [0.2, 0.25) is 0 Å². The van der Waals surface area contributed by atoms with Crippen LogP contribution in [0.5, 0.6) is 0 Å². The molecule has 0 amide bonds. The number of carbonyl (C=O) groups is 1. The number of aryl methyl sites for hydroxylation is 1. The molecule has 15 heavy (non-hydrogen) atoms. The molecular weight excluding hydrogens is 190 g/mol. The van der Waals surface area contributed by atoms with Gasteiger partial charge in [0.2, 0.25) is 0 Å². The third-order valence-corrected chi connectivity index (χ3v) is 2.60. The summed E-state index contributed by atoms with van der Waals surface area (Å²) < 4.78 is 0. The molecular formula is C12H13NO2. The molecule has 1 aromatic carbocycles. The molecule has 1 aliphatic rings. The van der Waals surface area contributed by atoms with Gasteiger partial charge in [0.05, 0.1) is 5.56 Å². The van der Waals surface area contributed by atoms with Gasteiger partial charge >= 0.3 is 5.97 Å². The Balaban J connectivity index is 2.30. The molecule has 1 aromatic rings. The standard InChI is InChI=1S/C12H13NO2/c1-9-8-10(12(14)15)4-5-11(9)13-6-2-3-7-13/h2-5,8H,6-7H2,1H3,(H,14,15). The molecule has 0 atom stereocenters. The van der Waals surface area contributed by atoms with Gasteiger partial charge < -0.3 is 10.0 Å². The van der Waals surface area contributed by atoms with Crippen LogP contribution >= 0.6 is 0 Å². The van der Waals surface area contributed by atoms with E-state index in [-0.39, 0.29) is 0 Å². The van der Waals surface area contributed by atoms with Crippen LogP contribution < -0.4 is 4.90 Å². The number of carboxylic acid groups (broad SMARTS) is 1. The maximum absolute atomic E-state index is 10.8. The Hall–Kier alpha value is -1.77. The van der Waals surface area contributed by atoms with Gasteiger partial charge in [-0.1, -0.05) is 12.2 Å². The Morgan fingerprint density at radius 2 is 2.00 bits per heavy atom. The maximum atomic E-state index is 10.8. The summed E-state index contributed by atoms with van der Waals surface area (Å²) in [5, 5.41) is 8.84. The zero-order valence-electron chi connectivity index (χ0n) is 8.60. The summed E-state index contributed by atoms with van der Waals surface area (Å²) >= 11 is 0. The first-order valence-corrected chi connectivity index (χ1v) is 4.92. The molecule has 0 fully saturated rings. The Morgan fingerprint density at radius 1 is 1.33 bits per heavy atom.